The molecule has 0 bridgehead atoms. The third-order valence-electron chi connectivity index (χ3n) is 6.35. The van der Waals surface area contributed by atoms with Crippen LogP contribution >= 0.6 is 0 Å². The zero-order valence-corrected chi connectivity index (χ0v) is 19.1. The minimum absolute atomic E-state index is 0.383. The van der Waals surface area contributed by atoms with E-state index in [1.807, 2.05) is 0 Å². The topological polar surface area (TPSA) is 104 Å². The number of carbonyl (C=O) groups excluding carboxylic acids is 3. The number of urea groups is 1. The Labute approximate surface area is 199 Å². The van der Waals surface area contributed by atoms with Gasteiger partial charge in [-0.2, -0.15) is 18.2 Å². The maximum absolute atomic E-state index is 13.0. The molecule has 2 aliphatic heterocycles. The minimum atomic E-state index is -4.46. The van der Waals surface area contributed by atoms with Crippen LogP contribution in [-0.4, -0.2) is 48.0 Å². The lowest BCUT2D eigenvalue weighted by Gasteiger charge is -2.32. The van der Waals surface area contributed by atoms with Crippen molar-refractivity contribution in [3.63, 3.8) is 0 Å². The molecule has 2 N–H and O–H groups in total. The molecule has 3 heterocycles. The summed E-state index contributed by atoms with van der Waals surface area (Å²) in [4.78, 5) is 44.0. The summed E-state index contributed by atoms with van der Waals surface area (Å²) < 4.78 is 43.3. The number of hydrogen-bond donors (Lipinski definition) is 2. The van der Waals surface area contributed by atoms with Gasteiger partial charge in [-0.1, -0.05) is 12.1 Å². The number of hydrazine groups is 1. The van der Waals surface area contributed by atoms with Crippen molar-refractivity contribution in [2.75, 3.05) is 25.1 Å². The van der Waals surface area contributed by atoms with Crippen LogP contribution < -0.4 is 20.4 Å². The lowest BCUT2D eigenvalue weighted by Crippen LogP contribution is -2.51. The van der Waals surface area contributed by atoms with Crippen LogP contribution in [0.1, 0.15) is 30.9 Å². The summed E-state index contributed by atoms with van der Waals surface area (Å²) in [6, 6.07) is 8.18. The monoisotopic (exact) mass is 491 g/mol. The normalized spacial score (nSPS) is 21.2. The van der Waals surface area contributed by atoms with Crippen LogP contribution in [0, 0.1) is 5.92 Å². The van der Waals surface area contributed by atoms with Gasteiger partial charge in [0, 0.05) is 25.2 Å². The predicted octanol–water partition coefficient (Wildman–Crippen LogP) is 2.82. The quantitative estimate of drug-likeness (QED) is 0.624. The molecule has 2 aliphatic rings. The van der Waals surface area contributed by atoms with Gasteiger partial charge in [0.25, 0.3) is 5.91 Å². The van der Waals surface area contributed by atoms with Gasteiger partial charge >= 0.3 is 12.2 Å². The highest BCUT2D eigenvalue weighted by atomic mass is 19.4. The second kappa shape index (κ2) is 9.08. The molecule has 0 saturated carbocycles. The van der Waals surface area contributed by atoms with Crippen LogP contribution in [0.3, 0.4) is 0 Å². The number of anilines is 1. The van der Waals surface area contributed by atoms with Crippen LogP contribution in [0.2, 0.25) is 0 Å². The average Bonchev–Trinajstić information content (AvgIpc) is 3.07. The zero-order chi connectivity index (χ0) is 25.4. The van der Waals surface area contributed by atoms with E-state index < -0.39 is 41.0 Å². The Bertz CT molecular complexity index is 1120. The number of carbonyl (C=O) groups is 3. The van der Waals surface area contributed by atoms with Gasteiger partial charge in [-0.15, -0.1) is 0 Å². The number of nitrogens with zero attached hydrogens (tertiary/aromatic N) is 3. The molecule has 2 saturated heterocycles. The van der Waals surface area contributed by atoms with E-state index in [0.29, 0.717) is 48.1 Å². The second-order valence-corrected chi connectivity index (χ2v) is 8.56. The number of benzene rings is 1. The molecule has 12 heteroatoms. The standard InChI is InChI=1S/C23H24F3N5O4/c1-22(15-3-6-17(35-2)7-4-15)20(33)31(21(34)28-22)29-19(32)14-9-11-30(12-10-14)18-8-5-16(13-27-18)23(24,25)26/h3-8,13-14H,9-12H2,1-2H3,(H,28,34)(H,29,32). The van der Waals surface area contributed by atoms with Crippen LogP contribution in [0.4, 0.5) is 23.8 Å². The first-order valence-corrected chi connectivity index (χ1v) is 10.9. The van der Waals surface area contributed by atoms with Crippen molar-refractivity contribution in [1.82, 2.24) is 20.7 Å². The van der Waals surface area contributed by atoms with Gasteiger partial charge in [-0.25, -0.2) is 9.78 Å². The average molecular weight is 491 g/mol. The van der Waals surface area contributed by atoms with E-state index in [-0.39, 0.29) is 0 Å². The molecule has 0 aliphatic carbocycles. The van der Waals surface area contributed by atoms with E-state index in [4.69, 9.17) is 4.74 Å². The molecule has 1 atom stereocenters. The Balaban J connectivity index is 1.36. The van der Waals surface area contributed by atoms with Gasteiger partial charge in [0.2, 0.25) is 5.91 Å². The SMILES string of the molecule is COc1ccc(C2(C)NC(=O)N(NC(=O)C3CCN(c4ccc(C(F)(F)F)cn4)CC3)C2=O)cc1. The minimum Gasteiger partial charge on any atom is -0.497 e. The van der Waals surface area contributed by atoms with Gasteiger partial charge in [-0.3, -0.25) is 15.0 Å². The Kier molecular flexibility index (Phi) is 6.30. The number of alkyl halides is 3. The van der Waals surface area contributed by atoms with E-state index >= 15 is 0 Å². The van der Waals surface area contributed by atoms with E-state index in [2.05, 4.69) is 15.7 Å². The summed E-state index contributed by atoms with van der Waals surface area (Å²) in [5, 5.41) is 3.31. The molecule has 4 amide bonds. The van der Waals surface area contributed by atoms with E-state index in [1.165, 1.54) is 13.2 Å². The van der Waals surface area contributed by atoms with Crippen molar-refractivity contribution >= 4 is 23.7 Å². The lowest BCUT2D eigenvalue weighted by atomic mass is 9.92. The number of aromatic nitrogens is 1. The van der Waals surface area contributed by atoms with Crippen molar-refractivity contribution in [1.29, 1.82) is 0 Å². The number of imide groups is 1. The van der Waals surface area contributed by atoms with Crippen molar-refractivity contribution in [2.45, 2.75) is 31.5 Å². The molecule has 1 unspecified atom stereocenters. The molecule has 0 spiro atoms. The van der Waals surface area contributed by atoms with E-state index in [0.717, 1.165) is 12.3 Å². The molecule has 2 fully saturated rings. The maximum atomic E-state index is 13.0. The first-order valence-electron chi connectivity index (χ1n) is 10.9. The highest BCUT2D eigenvalue weighted by Gasteiger charge is 2.50. The number of hydrogen-bond acceptors (Lipinski definition) is 6. The molecule has 35 heavy (non-hydrogen) atoms. The smallest absolute Gasteiger partial charge is 0.417 e. The molecular formula is C23H24F3N5O4. The molecule has 1 aromatic carbocycles. The number of halogens is 3. The summed E-state index contributed by atoms with van der Waals surface area (Å²) in [5.74, 6) is -0.590. The molecular weight excluding hydrogens is 467 g/mol. The number of rotatable bonds is 5. The van der Waals surface area contributed by atoms with Gasteiger partial charge in [0.15, 0.2) is 0 Å². The Morgan fingerprint density at radius 3 is 2.34 bits per heavy atom. The van der Waals surface area contributed by atoms with E-state index in [1.54, 1.807) is 36.1 Å². The van der Waals surface area contributed by atoms with Gasteiger partial charge in [0.05, 0.1) is 12.7 Å². The maximum Gasteiger partial charge on any atom is 0.417 e. The van der Waals surface area contributed by atoms with Gasteiger partial charge < -0.3 is 15.0 Å². The zero-order valence-electron chi connectivity index (χ0n) is 19.1. The fraction of sp³-hybridized carbons (Fsp3) is 0.391. The second-order valence-electron chi connectivity index (χ2n) is 8.56. The lowest BCUT2D eigenvalue weighted by molar-refractivity contribution is -0.140. The number of amides is 4. The Morgan fingerprint density at radius 1 is 1.14 bits per heavy atom. The number of piperidine rings is 1. The van der Waals surface area contributed by atoms with Gasteiger partial charge in [-0.05, 0) is 49.6 Å². The molecule has 2 aromatic rings. The molecule has 4 rings (SSSR count). The summed E-state index contributed by atoms with van der Waals surface area (Å²) in [6.45, 7) is 2.33. The van der Waals surface area contributed by atoms with Crippen LogP contribution in [0.15, 0.2) is 42.6 Å². The Morgan fingerprint density at radius 2 is 1.80 bits per heavy atom. The van der Waals surface area contributed by atoms with Crippen LogP contribution in [0.25, 0.3) is 0 Å². The molecule has 1 aromatic heterocycles. The number of pyridine rings is 1. The van der Waals surface area contributed by atoms with Crippen LogP contribution in [-0.2, 0) is 21.3 Å². The summed E-state index contributed by atoms with van der Waals surface area (Å²) >= 11 is 0. The Hall–Kier alpha value is -3.83. The largest absolute Gasteiger partial charge is 0.497 e. The summed E-state index contributed by atoms with van der Waals surface area (Å²) in [5.41, 5.74) is 0.775. The summed E-state index contributed by atoms with van der Waals surface area (Å²) in [7, 11) is 1.51. The van der Waals surface area contributed by atoms with E-state index in [9.17, 15) is 27.6 Å². The molecule has 0 radical (unpaired) electrons. The van der Waals surface area contributed by atoms with Gasteiger partial charge in [0.1, 0.15) is 17.1 Å². The first kappa shape index (κ1) is 24.3. The van der Waals surface area contributed by atoms with Crippen molar-refractivity contribution in [3.05, 3.63) is 53.7 Å². The highest BCUT2D eigenvalue weighted by molar-refractivity contribution is 6.08. The highest BCUT2D eigenvalue weighted by Crippen LogP contribution is 2.31. The van der Waals surface area contributed by atoms with Crippen molar-refractivity contribution < 1.29 is 32.3 Å². The third kappa shape index (κ3) is 4.73. The fourth-order valence-electron chi connectivity index (χ4n) is 4.17. The molecule has 9 nitrogen and oxygen atoms in total. The summed E-state index contributed by atoms with van der Waals surface area (Å²) in [6.07, 6.45) is -2.91. The number of methoxy groups -OCH3 is 1. The van der Waals surface area contributed by atoms with Crippen LogP contribution in [0.5, 0.6) is 5.75 Å². The van der Waals surface area contributed by atoms with Crippen molar-refractivity contribution in [3.8, 4) is 5.75 Å². The fourth-order valence-corrected chi connectivity index (χ4v) is 4.17. The number of ether oxygens (including phenoxy) is 1. The molecule has 186 valence electrons. The van der Waals surface area contributed by atoms with Crippen molar-refractivity contribution in [2.24, 2.45) is 5.92 Å². The first-order chi connectivity index (χ1) is 16.5. The third-order valence-corrected chi connectivity index (χ3v) is 6.35. The predicted molar refractivity (Wildman–Crippen MR) is 118 cm³/mol. The number of nitrogens with one attached hydrogen (secondary N) is 2.